The zero-order valence-electron chi connectivity index (χ0n) is 22.3. The van der Waals surface area contributed by atoms with Crippen molar-refractivity contribution in [3.8, 4) is 28.7 Å². The molecule has 2 aromatic carbocycles. The molecule has 2 fully saturated rings. The number of aromatic hydroxyl groups is 1. The van der Waals surface area contributed by atoms with Gasteiger partial charge in [0.25, 0.3) is 0 Å². The predicted octanol–water partition coefficient (Wildman–Crippen LogP) is -1.89. The van der Waals surface area contributed by atoms with Crippen LogP contribution in [-0.2, 0) is 9.47 Å². The Bertz CT molecular complexity index is 1300. The number of carbonyl (C=O) groups excluding carboxylic acids is 1. The standard InChI is InChI=1S/C27H32O15/c1-37-17-4-11(2-3-15(17)41-26-24(35)27(36,9-29)10-38-26)16-7-14(31)20-13(30)5-12(6-18(20)40-16)39-25-23(34)22(33)21(32)19(8-28)42-25/h2-6,16,19,21-26,28-30,32-36H,7-10H2,1H3/t16-,19+,21+,22-,23+,24-,25+,26-,27+/m0/s1. The number of phenolic OH excluding ortho intramolecular Hbond substituents is 1. The largest absolute Gasteiger partial charge is 0.507 e. The van der Waals surface area contributed by atoms with Gasteiger partial charge in [-0.1, -0.05) is 6.07 Å². The van der Waals surface area contributed by atoms with Crippen molar-refractivity contribution in [2.75, 3.05) is 26.9 Å². The maximum absolute atomic E-state index is 13.0. The number of ketones is 1. The first-order valence-electron chi connectivity index (χ1n) is 13.0. The third kappa shape index (κ3) is 5.46. The molecular weight excluding hydrogens is 564 g/mol. The van der Waals surface area contributed by atoms with Crippen molar-refractivity contribution in [1.29, 1.82) is 0 Å². The average molecular weight is 597 g/mol. The second-order valence-corrected chi connectivity index (χ2v) is 10.3. The molecule has 15 nitrogen and oxygen atoms in total. The van der Waals surface area contributed by atoms with E-state index in [-0.39, 0.29) is 41.6 Å². The topological polar surface area (TPSA) is 234 Å². The number of methoxy groups -OCH3 is 1. The lowest BCUT2D eigenvalue weighted by molar-refractivity contribution is -0.277. The zero-order valence-corrected chi connectivity index (χ0v) is 22.3. The van der Waals surface area contributed by atoms with Crippen LogP contribution in [0.2, 0.25) is 0 Å². The van der Waals surface area contributed by atoms with Crippen molar-refractivity contribution in [3.63, 3.8) is 0 Å². The molecule has 0 aromatic heterocycles. The third-order valence-electron chi connectivity index (χ3n) is 7.46. The minimum Gasteiger partial charge on any atom is -0.507 e. The summed E-state index contributed by atoms with van der Waals surface area (Å²) >= 11 is 0. The zero-order chi connectivity index (χ0) is 30.3. The van der Waals surface area contributed by atoms with Gasteiger partial charge < -0.3 is 69.3 Å². The molecule has 0 saturated carbocycles. The van der Waals surface area contributed by atoms with E-state index in [1.54, 1.807) is 6.07 Å². The molecule has 0 spiro atoms. The van der Waals surface area contributed by atoms with E-state index in [0.717, 1.165) is 6.07 Å². The van der Waals surface area contributed by atoms with E-state index < -0.39 is 79.6 Å². The summed E-state index contributed by atoms with van der Waals surface area (Å²) in [7, 11) is 1.37. The van der Waals surface area contributed by atoms with Crippen LogP contribution < -0.4 is 18.9 Å². The van der Waals surface area contributed by atoms with Gasteiger partial charge in [-0.05, 0) is 17.7 Å². The molecule has 0 aliphatic carbocycles. The van der Waals surface area contributed by atoms with E-state index in [0.29, 0.717) is 5.56 Å². The van der Waals surface area contributed by atoms with E-state index in [1.807, 2.05) is 0 Å². The van der Waals surface area contributed by atoms with Gasteiger partial charge in [0.1, 0.15) is 65.0 Å². The van der Waals surface area contributed by atoms with Crippen molar-refractivity contribution in [1.82, 2.24) is 0 Å². The maximum atomic E-state index is 13.0. The first kappa shape index (κ1) is 30.2. The molecule has 3 aliphatic heterocycles. The summed E-state index contributed by atoms with van der Waals surface area (Å²) in [5, 5.41) is 80.1. The Hall–Kier alpha value is -3.25. The smallest absolute Gasteiger partial charge is 0.229 e. The number of carbonyl (C=O) groups is 1. The number of rotatable bonds is 8. The molecule has 9 atom stereocenters. The van der Waals surface area contributed by atoms with Crippen LogP contribution >= 0.6 is 0 Å². The van der Waals surface area contributed by atoms with E-state index in [1.165, 1.54) is 25.3 Å². The predicted molar refractivity (Wildman–Crippen MR) is 136 cm³/mol. The monoisotopic (exact) mass is 596 g/mol. The summed E-state index contributed by atoms with van der Waals surface area (Å²) in [6, 6.07) is 6.99. The summed E-state index contributed by atoms with van der Waals surface area (Å²) in [5.41, 5.74) is -1.49. The first-order chi connectivity index (χ1) is 20.0. The summed E-state index contributed by atoms with van der Waals surface area (Å²) in [4.78, 5) is 13.0. The lowest BCUT2D eigenvalue weighted by Crippen LogP contribution is -2.60. The number of benzene rings is 2. The quantitative estimate of drug-likeness (QED) is 0.166. The van der Waals surface area contributed by atoms with Gasteiger partial charge in [-0.25, -0.2) is 0 Å². The van der Waals surface area contributed by atoms with Crippen molar-refractivity contribution in [2.24, 2.45) is 0 Å². The molecule has 5 rings (SSSR count). The van der Waals surface area contributed by atoms with Gasteiger partial charge in [-0.2, -0.15) is 0 Å². The Kier molecular flexibility index (Phi) is 8.48. The molecule has 230 valence electrons. The molecule has 2 aromatic rings. The van der Waals surface area contributed by atoms with Crippen LogP contribution in [0, 0.1) is 0 Å². The van der Waals surface area contributed by atoms with Gasteiger partial charge in [-0.3, -0.25) is 4.79 Å². The average Bonchev–Trinajstić information content (AvgIpc) is 3.26. The number of hydrogen-bond donors (Lipinski definition) is 8. The fourth-order valence-corrected chi connectivity index (χ4v) is 4.97. The SMILES string of the molecule is COc1cc([C@@H]2CC(=O)c3c(O)cc(O[C@@H]4O[C@H](CO)[C@@H](O)[C@H](O)[C@H]4O)cc3O2)ccc1O[C@@H]1OC[C@](O)(CO)[C@H]1O. The highest BCUT2D eigenvalue weighted by atomic mass is 16.7. The summed E-state index contributed by atoms with van der Waals surface area (Å²) < 4.78 is 33.3. The molecule has 2 saturated heterocycles. The molecule has 0 amide bonds. The van der Waals surface area contributed by atoms with Gasteiger partial charge in [-0.15, -0.1) is 0 Å². The third-order valence-corrected chi connectivity index (χ3v) is 7.46. The minimum atomic E-state index is -1.88. The highest BCUT2D eigenvalue weighted by Crippen LogP contribution is 2.44. The highest BCUT2D eigenvalue weighted by Gasteiger charge is 2.49. The van der Waals surface area contributed by atoms with Gasteiger partial charge in [0.15, 0.2) is 17.3 Å². The van der Waals surface area contributed by atoms with Gasteiger partial charge in [0, 0.05) is 12.1 Å². The van der Waals surface area contributed by atoms with Crippen LogP contribution in [0.1, 0.15) is 28.4 Å². The number of aliphatic hydroxyl groups is 7. The summed E-state index contributed by atoms with van der Waals surface area (Å²) in [6.45, 7) is -1.74. The molecule has 0 radical (unpaired) electrons. The van der Waals surface area contributed by atoms with Crippen LogP contribution in [0.25, 0.3) is 0 Å². The Morgan fingerprint density at radius 1 is 0.976 bits per heavy atom. The number of fused-ring (bicyclic) bond motifs is 1. The number of hydrogen-bond acceptors (Lipinski definition) is 15. The van der Waals surface area contributed by atoms with Crippen LogP contribution in [0.3, 0.4) is 0 Å². The van der Waals surface area contributed by atoms with Crippen LogP contribution in [0.4, 0.5) is 0 Å². The highest BCUT2D eigenvalue weighted by molar-refractivity contribution is 6.02. The minimum absolute atomic E-state index is 0.0408. The number of Topliss-reactive ketones (excluding diaryl/α,β-unsaturated/α-hetero) is 1. The fraction of sp³-hybridized carbons (Fsp3) is 0.519. The van der Waals surface area contributed by atoms with Gasteiger partial charge in [0.05, 0.1) is 33.4 Å². The number of phenols is 1. The molecule has 15 heteroatoms. The van der Waals surface area contributed by atoms with Gasteiger partial charge in [0.2, 0.25) is 12.6 Å². The molecular formula is C27H32O15. The Balaban J connectivity index is 1.35. The van der Waals surface area contributed by atoms with Crippen LogP contribution in [-0.4, -0.2) is 122 Å². The fourth-order valence-electron chi connectivity index (χ4n) is 4.97. The lowest BCUT2D eigenvalue weighted by Gasteiger charge is -2.39. The van der Waals surface area contributed by atoms with Crippen molar-refractivity contribution in [2.45, 2.75) is 61.2 Å². The summed E-state index contributed by atoms with van der Waals surface area (Å²) in [6.07, 6.45) is -11.5. The van der Waals surface area contributed by atoms with Gasteiger partial charge >= 0.3 is 0 Å². The maximum Gasteiger partial charge on any atom is 0.229 e. The Morgan fingerprint density at radius 3 is 2.40 bits per heavy atom. The van der Waals surface area contributed by atoms with Crippen molar-refractivity contribution >= 4 is 5.78 Å². The van der Waals surface area contributed by atoms with E-state index >= 15 is 0 Å². The van der Waals surface area contributed by atoms with E-state index in [4.69, 9.17) is 28.4 Å². The Labute approximate surface area is 238 Å². The van der Waals surface area contributed by atoms with E-state index in [9.17, 15) is 45.6 Å². The second-order valence-electron chi connectivity index (χ2n) is 10.3. The van der Waals surface area contributed by atoms with Crippen molar-refractivity contribution in [3.05, 3.63) is 41.5 Å². The molecule has 0 bridgehead atoms. The van der Waals surface area contributed by atoms with Crippen LogP contribution in [0.15, 0.2) is 30.3 Å². The van der Waals surface area contributed by atoms with Crippen molar-refractivity contribution < 1.29 is 74.1 Å². The molecule has 3 heterocycles. The second kappa shape index (κ2) is 11.8. The molecule has 3 aliphatic rings. The number of ether oxygens (including phenoxy) is 6. The van der Waals surface area contributed by atoms with E-state index in [2.05, 4.69) is 0 Å². The Morgan fingerprint density at radius 2 is 1.74 bits per heavy atom. The first-order valence-corrected chi connectivity index (χ1v) is 13.0. The summed E-state index contributed by atoms with van der Waals surface area (Å²) in [5.74, 6) is -0.711. The molecule has 0 unspecified atom stereocenters. The lowest BCUT2D eigenvalue weighted by atomic mass is 9.95. The number of aliphatic hydroxyl groups excluding tert-OH is 6. The molecule has 42 heavy (non-hydrogen) atoms. The van der Waals surface area contributed by atoms with Crippen LogP contribution in [0.5, 0.6) is 28.7 Å². The molecule has 8 N–H and O–H groups in total. The normalized spacial score (nSPS) is 34.4.